The lowest BCUT2D eigenvalue weighted by Gasteiger charge is -2.35. The molecule has 0 aromatic rings. The van der Waals surface area contributed by atoms with Crippen LogP contribution in [-0.2, 0) is 9.53 Å². The Morgan fingerprint density at radius 1 is 1.22 bits per heavy atom. The number of carbonyl (C=O) groups is 1. The van der Waals surface area contributed by atoms with Crippen molar-refractivity contribution in [2.24, 2.45) is 11.7 Å². The lowest BCUT2D eigenvalue weighted by atomic mass is 9.93. The second-order valence-corrected chi connectivity index (χ2v) is 5.53. The van der Waals surface area contributed by atoms with E-state index in [1.54, 1.807) is 0 Å². The van der Waals surface area contributed by atoms with Crippen molar-refractivity contribution in [1.29, 1.82) is 0 Å². The standard InChI is InChI=1S/C14H26N2O2/c15-8-4-9-16(13-5-2-1-3-6-13)14(17)12-7-10-18-11-12/h12-13H,1-11,15H2. The van der Waals surface area contributed by atoms with Crippen molar-refractivity contribution in [2.75, 3.05) is 26.3 Å². The summed E-state index contributed by atoms with van der Waals surface area (Å²) in [7, 11) is 0. The minimum atomic E-state index is 0.102. The van der Waals surface area contributed by atoms with Crippen molar-refractivity contribution >= 4 is 5.91 Å². The van der Waals surface area contributed by atoms with E-state index >= 15 is 0 Å². The highest BCUT2D eigenvalue weighted by molar-refractivity contribution is 5.79. The number of ether oxygens (including phenoxy) is 1. The van der Waals surface area contributed by atoms with Gasteiger partial charge in [-0.1, -0.05) is 19.3 Å². The molecule has 0 radical (unpaired) electrons. The van der Waals surface area contributed by atoms with Gasteiger partial charge in [0, 0.05) is 19.2 Å². The van der Waals surface area contributed by atoms with Crippen LogP contribution in [-0.4, -0.2) is 43.2 Å². The third kappa shape index (κ3) is 3.45. The van der Waals surface area contributed by atoms with E-state index in [1.165, 1.54) is 32.1 Å². The third-order valence-electron chi connectivity index (χ3n) is 4.18. The molecule has 4 heteroatoms. The molecule has 2 fully saturated rings. The Hall–Kier alpha value is -0.610. The molecule has 2 rings (SSSR count). The number of amides is 1. The molecule has 1 amide bonds. The van der Waals surface area contributed by atoms with Gasteiger partial charge < -0.3 is 15.4 Å². The van der Waals surface area contributed by atoms with Crippen molar-refractivity contribution in [3.63, 3.8) is 0 Å². The molecule has 0 spiro atoms. The van der Waals surface area contributed by atoms with E-state index in [-0.39, 0.29) is 5.92 Å². The van der Waals surface area contributed by atoms with E-state index in [4.69, 9.17) is 10.5 Å². The topological polar surface area (TPSA) is 55.6 Å². The molecule has 1 saturated heterocycles. The summed E-state index contributed by atoms with van der Waals surface area (Å²) < 4.78 is 5.35. The van der Waals surface area contributed by atoms with E-state index in [0.29, 0.717) is 25.1 Å². The molecule has 4 nitrogen and oxygen atoms in total. The summed E-state index contributed by atoms with van der Waals surface area (Å²) in [5.74, 6) is 0.414. The Labute approximate surface area is 110 Å². The number of nitrogens with two attached hydrogens (primary N) is 1. The van der Waals surface area contributed by atoms with Gasteiger partial charge in [0.25, 0.3) is 0 Å². The van der Waals surface area contributed by atoms with E-state index in [9.17, 15) is 4.79 Å². The predicted molar refractivity (Wildman–Crippen MR) is 71.2 cm³/mol. The molecule has 0 aromatic heterocycles. The minimum Gasteiger partial charge on any atom is -0.381 e. The lowest BCUT2D eigenvalue weighted by molar-refractivity contribution is -0.138. The molecule has 2 aliphatic rings. The normalized spacial score (nSPS) is 25.3. The first kappa shape index (κ1) is 13.8. The molecule has 1 aliphatic heterocycles. The second-order valence-electron chi connectivity index (χ2n) is 5.53. The first-order valence-electron chi connectivity index (χ1n) is 7.41. The largest absolute Gasteiger partial charge is 0.381 e. The number of nitrogens with zero attached hydrogens (tertiary/aromatic N) is 1. The molecule has 104 valence electrons. The summed E-state index contributed by atoms with van der Waals surface area (Å²) in [5, 5.41) is 0. The second kappa shape index (κ2) is 7.10. The Morgan fingerprint density at radius 3 is 2.61 bits per heavy atom. The summed E-state index contributed by atoms with van der Waals surface area (Å²) >= 11 is 0. The van der Waals surface area contributed by atoms with Gasteiger partial charge in [0.15, 0.2) is 0 Å². The first-order chi connectivity index (χ1) is 8.83. The zero-order valence-corrected chi connectivity index (χ0v) is 11.3. The van der Waals surface area contributed by atoms with Crippen LogP contribution in [0.1, 0.15) is 44.9 Å². The van der Waals surface area contributed by atoms with Crippen molar-refractivity contribution in [3.05, 3.63) is 0 Å². The minimum absolute atomic E-state index is 0.102. The van der Waals surface area contributed by atoms with Gasteiger partial charge in [-0.15, -0.1) is 0 Å². The third-order valence-corrected chi connectivity index (χ3v) is 4.18. The number of hydrogen-bond acceptors (Lipinski definition) is 3. The summed E-state index contributed by atoms with van der Waals surface area (Å²) in [5.41, 5.74) is 5.60. The Morgan fingerprint density at radius 2 is 2.00 bits per heavy atom. The number of rotatable bonds is 5. The van der Waals surface area contributed by atoms with Crippen LogP contribution in [0.4, 0.5) is 0 Å². The molecule has 1 heterocycles. The molecule has 2 N–H and O–H groups in total. The van der Waals surface area contributed by atoms with Gasteiger partial charge in [-0.2, -0.15) is 0 Å². The van der Waals surface area contributed by atoms with E-state index in [2.05, 4.69) is 4.90 Å². The van der Waals surface area contributed by atoms with E-state index in [1.807, 2.05) is 0 Å². The van der Waals surface area contributed by atoms with Crippen molar-refractivity contribution in [2.45, 2.75) is 51.0 Å². The van der Waals surface area contributed by atoms with Crippen LogP contribution in [0, 0.1) is 5.92 Å². The van der Waals surface area contributed by atoms with Crippen LogP contribution in [0.2, 0.25) is 0 Å². The van der Waals surface area contributed by atoms with Gasteiger partial charge in [-0.3, -0.25) is 4.79 Å². The zero-order valence-electron chi connectivity index (χ0n) is 11.3. The maximum atomic E-state index is 12.6. The first-order valence-corrected chi connectivity index (χ1v) is 7.41. The molecule has 0 aromatic carbocycles. The van der Waals surface area contributed by atoms with Gasteiger partial charge in [0.1, 0.15) is 0 Å². The summed E-state index contributed by atoms with van der Waals surface area (Å²) in [6, 6.07) is 0.457. The van der Waals surface area contributed by atoms with E-state index in [0.717, 1.165) is 26.0 Å². The molecule has 1 unspecified atom stereocenters. The van der Waals surface area contributed by atoms with Crippen LogP contribution in [0.25, 0.3) is 0 Å². The van der Waals surface area contributed by atoms with Gasteiger partial charge in [0.2, 0.25) is 5.91 Å². The average molecular weight is 254 g/mol. The predicted octanol–water partition coefficient (Wildman–Crippen LogP) is 1.53. The Kier molecular flexibility index (Phi) is 5.45. The molecule has 1 aliphatic carbocycles. The molecule has 1 atom stereocenters. The van der Waals surface area contributed by atoms with Gasteiger partial charge >= 0.3 is 0 Å². The highest BCUT2D eigenvalue weighted by Gasteiger charge is 2.32. The Bertz CT molecular complexity index is 259. The molecule has 18 heavy (non-hydrogen) atoms. The van der Waals surface area contributed by atoms with Crippen LogP contribution in [0.5, 0.6) is 0 Å². The van der Waals surface area contributed by atoms with Gasteiger partial charge in [0.05, 0.1) is 12.5 Å². The van der Waals surface area contributed by atoms with Crippen LogP contribution in [0.15, 0.2) is 0 Å². The molecular formula is C14H26N2O2. The fourth-order valence-electron chi connectivity index (χ4n) is 3.09. The fraction of sp³-hybridized carbons (Fsp3) is 0.929. The van der Waals surface area contributed by atoms with Crippen LogP contribution >= 0.6 is 0 Å². The smallest absolute Gasteiger partial charge is 0.228 e. The fourth-order valence-corrected chi connectivity index (χ4v) is 3.09. The SMILES string of the molecule is NCCCN(C(=O)C1CCOC1)C1CCCCC1. The van der Waals surface area contributed by atoms with Crippen LogP contribution < -0.4 is 5.73 Å². The monoisotopic (exact) mass is 254 g/mol. The quantitative estimate of drug-likeness (QED) is 0.809. The molecule has 1 saturated carbocycles. The molecule has 0 bridgehead atoms. The van der Waals surface area contributed by atoms with E-state index < -0.39 is 0 Å². The number of hydrogen-bond donors (Lipinski definition) is 1. The highest BCUT2D eigenvalue weighted by atomic mass is 16.5. The summed E-state index contributed by atoms with van der Waals surface area (Å²) in [6.07, 6.45) is 7.99. The van der Waals surface area contributed by atoms with Gasteiger partial charge in [-0.05, 0) is 32.2 Å². The lowest BCUT2D eigenvalue weighted by Crippen LogP contribution is -2.45. The maximum absolute atomic E-state index is 12.6. The molecular weight excluding hydrogens is 228 g/mol. The maximum Gasteiger partial charge on any atom is 0.228 e. The number of carbonyl (C=O) groups excluding carboxylic acids is 1. The van der Waals surface area contributed by atoms with Gasteiger partial charge in [-0.25, -0.2) is 0 Å². The van der Waals surface area contributed by atoms with Crippen molar-refractivity contribution < 1.29 is 9.53 Å². The Balaban J connectivity index is 1.95. The average Bonchev–Trinajstić information content (AvgIpc) is 2.94. The summed E-state index contributed by atoms with van der Waals surface area (Å²) in [4.78, 5) is 14.7. The zero-order chi connectivity index (χ0) is 12.8. The van der Waals surface area contributed by atoms with Crippen molar-refractivity contribution in [1.82, 2.24) is 4.90 Å². The van der Waals surface area contributed by atoms with Crippen molar-refractivity contribution in [3.8, 4) is 0 Å². The summed E-state index contributed by atoms with van der Waals surface area (Å²) in [6.45, 7) is 2.85. The van der Waals surface area contributed by atoms with Crippen LogP contribution in [0.3, 0.4) is 0 Å². The highest BCUT2D eigenvalue weighted by Crippen LogP contribution is 2.26.